The van der Waals surface area contributed by atoms with E-state index in [1.807, 2.05) is 30.3 Å². The van der Waals surface area contributed by atoms with Crippen LogP contribution >= 0.6 is 33.9 Å². The van der Waals surface area contributed by atoms with E-state index in [9.17, 15) is 4.79 Å². The summed E-state index contributed by atoms with van der Waals surface area (Å²) in [5.74, 6) is 0.704. The highest BCUT2D eigenvalue weighted by Gasteiger charge is 2.22. The van der Waals surface area contributed by atoms with Crippen LogP contribution in [-0.2, 0) is 12.8 Å². The van der Waals surface area contributed by atoms with Gasteiger partial charge in [-0.25, -0.2) is 4.79 Å². The Labute approximate surface area is 146 Å². The molecule has 4 heteroatoms. The second-order valence-corrected chi connectivity index (χ2v) is 7.85. The topological polar surface area (TPSA) is 30.2 Å². The fourth-order valence-corrected chi connectivity index (χ4v) is 5.51. The van der Waals surface area contributed by atoms with Crippen molar-refractivity contribution < 1.29 is 4.42 Å². The minimum atomic E-state index is -0.173. The van der Waals surface area contributed by atoms with E-state index in [0.717, 1.165) is 32.1 Å². The van der Waals surface area contributed by atoms with Gasteiger partial charge < -0.3 is 4.42 Å². The van der Waals surface area contributed by atoms with Gasteiger partial charge in [0.2, 0.25) is 0 Å². The van der Waals surface area contributed by atoms with Gasteiger partial charge in [-0.2, -0.15) is 0 Å². The fraction of sp³-hybridized carbons (Fsp3) is 0.278. The molecule has 0 spiro atoms. The van der Waals surface area contributed by atoms with Gasteiger partial charge in [0.15, 0.2) is 5.76 Å². The Bertz CT molecular complexity index is 893. The molecule has 4 rings (SSSR count). The first-order valence-corrected chi connectivity index (χ1v) is 9.47. The number of rotatable bonds is 1. The van der Waals surface area contributed by atoms with Crippen LogP contribution in [0.15, 0.2) is 39.5 Å². The Morgan fingerprint density at radius 3 is 2.64 bits per heavy atom. The standard InChI is InChI=1S/C18H15IO2S/c19-15-16(11-7-3-1-4-8-11)21-18(20)14-12-9-5-2-6-10-13(12)22-17(14)15/h1,3-4,7-8H,2,5-6,9-10H2. The molecule has 2 aromatic heterocycles. The van der Waals surface area contributed by atoms with Gasteiger partial charge in [0, 0.05) is 10.4 Å². The van der Waals surface area contributed by atoms with Crippen LogP contribution < -0.4 is 5.63 Å². The van der Waals surface area contributed by atoms with E-state index in [0.29, 0.717) is 5.76 Å². The van der Waals surface area contributed by atoms with Gasteiger partial charge in [-0.1, -0.05) is 36.8 Å². The Kier molecular flexibility index (Phi) is 3.82. The van der Waals surface area contributed by atoms with E-state index in [-0.39, 0.29) is 5.63 Å². The first kappa shape index (κ1) is 14.5. The second kappa shape index (κ2) is 5.81. The number of benzene rings is 1. The van der Waals surface area contributed by atoms with Crippen molar-refractivity contribution in [2.45, 2.75) is 32.1 Å². The van der Waals surface area contributed by atoms with Crippen LogP contribution in [0.4, 0.5) is 0 Å². The van der Waals surface area contributed by atoms with Crippen molar-refractivity contribution in [2.75, 3.05) is 0 Å². The molecule has 2 nitrogen and oxygen atoms in total. The number of thiophene rings is 1. The largest absolute Gasteiger partial charge is 0.421 e. The summed E-state index contributed by atoms with van der Waals surface area (Å²) in [7, 11) is 0. The average molecular weight is 422 g/mol. The lowest BCUT2D eigenvalue weighted by atomic mass is 10.1. The summed E-state index contributed by atoms with van der Waals surface area (Å²) in [6.45, 7) is 0. The second-order valence-electron chi connectivity index (χ2n) is 5.67. The molecule has 1 aromatic carbocycles. The minimum absolute atomic E-state index is 0.173. The number of fused-ring (bicyclic) bond motifs is 3. The molecule has 0 saturated carbocycles. The molecular weight excluding hydrogens is 407 g/mol. The quantitative estimate of drug-likeness (QED) is 0.389. The summed E-state index contributed by atoms with van der Waals surface area (Å²) in [6, 6.07) is 9.90. The van der Waals surface area contributed by atoms with Crippen molar-refractivity contribution >= 4 is 44.0 Å². The monoisotopic (exact) mass is 422 g/mol. The van der Waals surface area contributed by atoms with E-state index in [1.165, 1.54) is 29.7 Å². The van der Waals surface area contributed by atoms with Gasteiger partial charge in [-0.15, -0.1) is 11.3 Å². The molecule has 1 aliphatic carbocycles. The Morgan fingerprint density at radius 1 is 1.05 bits per heavy atom. The third-order valence-corrected chi connectivity index (χ3v) is 6.96. The Balaban J connectivity index is 2.01. The zero-order chi connectivity index (χ0) is 15.1. The summed E-state index contributed by atoms with van der Waals surface area (Å²) in [5.41, 5.74) is 2.05. The highest BCUT2D eigenvalue weighted by molar-refractivity contribution is 14.1. The minimum Gasteiger partial charge on any atom is -0.421 e. The molecule has 0 fully saturated rings. The van der Waals surface area contributed by atoms with E-state index in [1.54, 1.807) is 11.3 Å². The van der Waals surface area contributed by atoms with Crippen LogP contribution in [0.1, 0.15) is 29.7 Å². The lowest BCUT2D eigenvalue weighted by Crippen LogP contribution is -2.03. The predicted molar refractivity (Wildman–Crippen MR) is 99.8 cm³/mol. The molecule has 3 aromatic rings. The lowest BCUT2D eigenvalue weighted by molar-refractivity contribution is 0.531. The Morgan fingerprint density at radius 2 is 1.82 bits per heavy atom. The molecule has 112 valence electrons. The summed E-state index contributed by atoms with van der Waals surface area (Å²) in [4.78, 5) is 14.0. The molecule has 0 N–H and O–H groups in total. The number of hydrogen-bond donors (Lipinski definition) is 0. The normalized spacial score (nSPS) is 14.8. The van der Waals surface area contributed by atoms with Gasteiger partial charge >= 0.3 is 5.63 Å². The average Bonchev–Trinajstić information content (AvgIpc) is 2.76. The van der Waals surface area contributed by atoms with Gasteiger partial charge in [0.05, 0.1) is 13.7 Å². The van der Waals surface area contributed by atoms with Crippen LogP contribution in [0.2, 0.25) is 0 Å². The van der Waals surface area contributed by atoms with Crippen molar-refractivity contribution in [2.24, 2.45) is 0 Å². The van der Waals surface area contributed by atoms with Gasteiger partial charge in [0.25, 0.3) is 0 Å². The van der Waals surface area contributed by atoms with Crippen LogP contribution in [0.3, 0.4) is 0 Å². The maximum Gasteiger partial charge on any atom is 0.345 e. The van der Waals surface area contributed by atoms with E-state index in [4.69, 9.17) is 4.42 Å². The van der Waals surface area contributed by atoms with Crippen molar-refractivity contribution in [3.63, 3.8) is 0 Å². The van der Waals surface area contributed by atoms with E-state index < -0.39 is 0 Å². The maximum atomic E-state index is 12.6. The highest BCUT2D eigenvalue weighted by atomic mass is 127. The van der Waals surface area contributed by atoms with E-state index >= 15 is 0 Å². The summed E-state index contributed by atoms with van der Waals surface area (Å²) in [5, 5.41) is 0.839. The predicted octanol–water partition coefficient (Wildman–Crippen LogP) is 5.40. The summed E-state index contributed by atoms with van der Waals surface area (Å²) < 4.78 is 7.90. The van der Waals surface area contributed by atoms with Crippen molar-refractivity contribution in [1.82, 2.24) is 0 Å². The van der Waals surface area contributed by atoms with Crippen LogP contribution in [0, 0.1) is 3.57 Å². The SMILES string of the molecule is O=c1oc(-c2ccccc2)c(I)c2sc3c(c12)CCCCC3. The zero-order valence-electron chi connectivity index (χ0n) is 12.0. The van der Waals surface area contributed by atoms with Gasteiger partial charge in [-0.05, 0) is 53.8 Å². The third-order valence-electron chi connectivity index (χ3n) is 4.25. The molecule has 0 unspecified atom stereocenters. The summed E-state index contributed by atoms with van der Waals surface area (Å²) >= 11 is 4.12. The smallest absolute Gasteiger partial charge is 0.345 e. The summed E-state index contributed by atoms with van der Waals surface area (Å²) in [6.07, 6.45) is 5.78. The molecule has 1 aliphatic rings. The van der Waals surface area contributed by atoms with Crippen molar-refractivity contribution in [3.05, 3.63) is 54.8 Å². The van der Waals surface area contributed by atoms with Crippen LogP contribution in [0.25, 0.3) is 21.4 Å². The molecule has 0 amide bonds. The zero-order valence-corrected chi connectivity index (χ0v) is 15.0. The first-order chi connectivity index (χ1) is 10.8. The van der Waals surface area contributed by atoms with Crippen molar-refractivity contribution in [1.29, 1.82) is 0 Å². The van der Waals surface area contributed by atoms with Crippen LogP contribution in [-0.4, -0.2) is 0 Å². The third kappa shape index (κ3) is 2.33. The number of aryl methyl sites for hydroxylation is 2. The number of hydrogen-bond acceptors (Lipinski definition) is 3. The molecule has 2 heterocycles. The lowest BCUT2D eigenvalue weighted by Gasteiger charge is -2.04. The van der Waals surface area contributed by atoms with E-state index in [2.05, 4.69) is 22.6 Å². The highest BCUT2D eigenvalue weighted by Crippen LogP contribution is 2.39. The maximum absolute atomic E-state index is 12.6. The molecule has 22 heavy (non-hydrogen) atoms. The first-order valence-electron chi connectivity index (χ1n) is 7.58. The molecule has 0 atom stereocenters. The molecule has 0 aliphatic heterocycles. The van der Waals surface area contributed by atoms with Gasteiger partial charge in [-0.3, -0.25) is 0 Å². The molecule has 0 radical (unpaired) electrons. The number of halogens is 1. The molecule has 0 saturated heterocycles. The van der Waals surface area contributed by atoms with Crippen molar-refractivity contribution in [3.8, 4) is 11.3 Å². The molecule has 0 bridgehead atoms. The molecular formula is C18H15IO2S. The fourth-order valence-electron chi connectivity index (χ4n) is 3.18. The Hall–Kier alpha value is -1.14. The van der Waals surface area contributed by atoms with Gasteiger partial charge in [0.1, 0.15) is 0 Å². The van der Waals surface area contributed by atoms with Crippen LogP contribution in [0.5, 0.6) is 0 Å².